The highest BCUT2D eigenvalue weighted by molar-refractivity contribution is 7.89. The van der Waals surface area contributed by atoms with Crippen molar-refractivity contribution in [2.45, 2.75) is 23.9 Å². The van der Waals surface area contributed by atoms with Gasteiger partial charge in [0.05, 0.1) is 5.02 Å². The van der Waals surface area contributed by atoms with Gasteiger partial charge in [-0.1, -0.05) is 11.6 Å². The Bertz CT molecular complexity index is 502. The first-order chi connectivity index (χ1) is 8.01. The zero-order valence-electron chi connectivity index (χ0n) is 9.62. The van der Waals surface area contributed by atoms with Crippen LogP contribution in [-0.2, 0) is 10.0 Å². The van der Waals surface area contributed by atoms with Gasteiger partial charge in [-0.25, -0.2) is 13.4 Å². The van der Waals surface area contributed by atoms with Crippen LogP contribution in [0.5, 0.6) is 0 Å². The third-order valence-electron chi connectivity index (χ3n) is 2.81. The summed E-state index contributed by atoms with van der Waals surface area (Å²) in [5.41, 5.74) is 5.75. The molecular weight excluding hydrogens is 297 g/mol. The summed E-state index contributed by atoms with van der Waals surface area (Å²) in [5.74, 6) is 0. The van der Waals surface area contributed by atoms with Crippen LogP contribution in [0.3, 0.4) is 0 Å². The minimum atomic E-state index is -3.58. The second-order valence-corrected chi connectivity index (χ2v) is 6.29. The number of halogens is 2. The van der Waals surface area contributed by atoms with E-state index in [0.717, 1.165) is 0 Å². The summed E-state index contributed by atoms with van der Waals surface area (Å²) in [6, 6.07) is 3.21. The Balaban J connectivity index is 0.00000162. The third-order valence-corrected chi connectivity index (χ3v) is 5.08. The lowest BCUT2D eigenvalue weighted by atomic mass is 10.1. The van der Waals surface area contributed by atoms with Crippen LogP contribution in [-0.4, -0.2) is 36.8 Å². The number of sulfonamides is 1. The fourth-order valence-corrected chi connectivity index (χ4v) is 3.66. The molecule has 0 amide bonds. The second kappa shape index (κ2) is 6.16. The monoisotopic (exact) mass is 311 g/mol. The molecule has 0 bridgehead atoms. The molecule has 1 aromatic heterocycles. The fraction of sp³-hybridized carbons (Fsp3) is 0.500. The van der Waals surface area contributed by atoms with Crippen molar-refractivity contribution < 1.29 is 8.42 Å². The molecule has 5 nitrogen and oxygen atoms in total. The molecule has 2 N–H and O–H groups in total. The van der Waals surface area contributed by atoms with E-state index in [9.17, 15) is 8.42 Å². The first-order valence-electron chi connectivity index (χ1n) is 5.38. The van der Waals surface area contributed by atoms with Gasteiger partial charge in [-0.2, -0.15) is 4.31 Å². The van der Waals surface area contributed by atoms with Gasteiger partial charge in [-0.15, -0.1) is 12.4 Å². The van der Waals surface area contributed by atoms with Gasteiger partial charge in [-0.3, -0.25) is 0 Å². The molecule has 0 spiro atoms. The first-order valence-corrected chi connectivity index (χ1v) is 7.20. The number of pyridine rings is 1. The van der Waals surface area contributed by atoms with E-state index >= 15 is 0 Å². The van der Waals surface area contributed by atoms with Crippen LogP contribution in [0.15, 0.2) is 23.4 Å². The average molecular weight is 312 g/mol. The molecule has 0 radical (unpaired) electrons. The van der Waals surface area contributed by atoms with Crippen molar-refractivity contribution in [2.24, 2.45) is 5.73 Å². The molecule has 1 aliphatic heterocycles. The van der Waals surface area contributed by atoms with Gasteiger partial charge in [0.2, 0.25) is 0 Å². The maximum atomic E-state index is 12.3. The van der Waals surface area contributed by atoms with Crippen molar-refractivity contribution in [1.82, 2.24) is 9.29 Å². The van der Waals surface area contributed by atoms with Crippen molar-refractivity contribution in [3.63, 3.8) is 0 Å². The van der Waals surface area contributed by atoms with Gasteiger partial charge in [0, 0.05) is 25.3 Å². The van der Waals surface area contributed by atoms with Crippen LogP contribution < -0.4 is 5.73 Å². The van der Waals surface area contributed by atoms with Crippen LogP contribution in [0.1, 0.15) is 12.8 Å². The lowest BCUT2D eigenvalue weighted by Gasteiger charge is -2.29. The number of hydrogen-bond donors (Lipinski definition) is 1. The maximum absolute atomic E-state index is 12.3. The van der Waals surface area contributed by atoms with Crippen molar-refractivity contribution in [1.29, 1.82) is 0 Å². The third kappa shape index (κ3) is 3.13. The van der Waals surface area contributed by atoms with E-state index in [2.05, 4.69) is 4.98 Å². The number of nitrogens with two attached hydrogens (primary N) is 1. The van der Waals surface area contributed by atoms with E-state index in [1.807, 2.05) is 0 Å². The SMILES string of the molecule is Cl.NC1CCN(S(=O)(=O)c2ncccc2Cl)CC1. The average Bonchev–Trinajstić information content (AvgIpc) is 2.30. The molecule has 1 aromatic rings. The normalized spacial score (nSPS) is 18.3. The molecule has 102 valence electrons. The molecule has 0 aromatic carbocycles. The summed E-state index contributed by atoms with van der Waals surface area (Å²) in [6.07, 6.45) is 2.77. The zero-order valence-corrected chi connectivity index (χ0v) is 12.0. The van der Waals surface area contributed by atoms with E-state index in [-0.39, 0.29) is 28.5 Å². The van der Waals surface area contributed by atoms with E-state index in [4.69, 9.17) is 17.3 Å². The quantitative estimate of drug-likeness (QED) is 0.892. The van der Waals surface area contributed by atoms with Crippen LogP contribution in [0.4, 0.5) is 0 Å². The topological polar surface area (TPSA) is 76.3 Å². The molecule has 1 saturated heterocycles. The molecule has 1 aliphatic rings. The Morgan fingerprint density at radius 3 is 2.56 bits per heavy atom. The predicted molar refractivity (Wildman–Crippen MR) is 72.5 cm³/mol. The van der Waals surface area contributed by atoms with Crippen LogP contribution >= 0.6 is 24.0 Å². The highest BCUT2D eigenvalue weighted by Crippen LogP contribution is 2.24. The smallest absolute Gasteiger partial charge is 0.262 e. The molecule has 18 heavy (non-hydrogen) atoms. The zero-order chi connectivity index (χ0) is 12.5. The largest absolute Gasteiger partial charge is 0.328 e. The van der Waals surface area contributed by atoms with E-state index in [1.54, 1.807) is 6.07 Å². The van der Waals surface area contributed by atoms with Gasteiger partial charge < -0.3 is 5.73 Å². The molecule has 2 rings (SSSR count). The molecule has 2 heterocycles. The minimum absolute atomic E-state index is 0. The molecule has 0 saturated carbocycles. The van der Waals surface area contributed by atoms with Gasteiger partial charge in [0.1, 0.15) is 0 Å². The van der Waals surface area contributed by atoms with Crippen LogP contribution in [0.2, 0.25) is 5.02 Å². The van der Waals surface area contributed by atoms with Gasteiger partial charge in [0.25, 0.3) is 10.0 Å². The number of hydrogen-bond acceptors (Lipinski definition) is 4. The molecule has 0 unspecified atom stereocenters. The van der Waals surface area contributed by atoms with Crippen LogP contribution in [0.25, 0.3) is 0 Å². The molecular formula is C10H15Cl2N3O2S. The summed E-state index contributed by atoms with van der Waals surface area (Å²) < 4.78 is 25.9. The number of piperidine rings is 1. The molecule has 1 fully saturated rings. The van der Waals surface area contributed by atoms with Crippen molar-refractivity contribution in [3.8, 4) is 0 Å². The molecule has 0 atom stereocenters. The Morgan fingerprint density at radius 1 is 1.39 bits per heavy atom. The maximum Gasteiger partial charge on any atom is 0.262 e. The second-order valence-electron chi connectivity index (χ2n) is 4.03. The standard InChI is InChI=1S/C10H14ClN3O2S.ClH/c11-9-2-1-5-13-10(9)17(15,16)14-6-3-8(12)4-7-14;/h1-2,5,8H,3-4,6-7,12H2;1H. The molecule has 8 heteroatoms. The Hall–Kier alpha value is -0.400. The van der Waals surface area contributed by atoms with E-state index < -0.39 is 10.0 Å². The van der Waals surface area contributed by atoms with Gasteiger partial charge >= 0.3 is 0 Å². The highest BCUT2D eigenvalue weighted by atomic mass is 35.5. The fourth-order valence-electron chi connectivity index (χ4n) is 1.80. The van der Waals surface area contributed by atoms with Crippen molar-refractivity contribution >= 4 is 34.0 Å². The lowest BCUT2D eigenvalue weighted by Crippen LogP contribution is -2.43. The summed E-state index contributed by atoms with van der Waals surface area (Å²) in [7, 11) is -3.58. The summed E-state index contributed by atoms with van der Waals surface area (Å²) in [4.78, 5) is 3.85. The summed E-state index contributed by atoms with van der Waals surface area (Å²) >= 11 is 5.86. The number of rotatable bonds is 2. The van der Waals surface area contributed by atoms with Crippen molar-refractivity contribution in [3.05, 3.63) is 23.4 Å². The van der Waals surface area contributed by atoms with Gasteiger partial charge in [0.15, 0.2) is 5.03 Å². The first kappa shape index (κ1) is 15.7. The lowest BCUT2D eigenvalue weighted by molar-refractivity contribution is 0.319. The number of aromatic nitrogens is 1. The Morgan fingerprint density at radius 2 is 2.00 bits per heavy atom. The minimum Gasteiger partial charge on any atom is -0.328 e. The number of nitrogens with zero attached hydrogens (tertiary/aromatic N) is 2. The highest BCUT2D eigenvalue weighted by Gasteiger charge is 2.30. The Kier molecular flexibility index (Phi) is 5.36. The van der Waals surface area contributed by atoms with E-state index in [1.165, 1.54) is 16.6 Å². The van der Waals surface area contributed by atoms with Gasteiger partial charge in [-0.05, 0) is 25.0 Å². The Labute approximate surface area is 118 Å². The van der Waals surface area contributed by atoms with Crippen LogP contribution in [0, 0.1) is 0 Å². The summed E-state index contributed by atoms with van der Waals surface area (Å²) in [6.45, 7) is 0.854. The predicted octanol–water partition coefficient (Wildman–Crippen LogP) is 1.27. The van der Waals surface area contributed by atoms with E-state index in [0.29, 0.717) is 25.9 Å². The van der Waals surface area contributed by atoms with Crippen molar-refractivity contribution in [2.75, 3.05) is 13.1 Å². The molecule has 0 aliphatic carbocycles. The summed E-state index contributed by atoms with van der Waals surface area (Å²) in [5, 5.41) is 0.0829.